The molecule has 0 fully saturated rings. The summed E-state index contributed by atoms with van der Waals surface area (Å²) in [6.07, 6.45) is 4.97. The SMILES string of the molecule is CC(=O)c1ccc(-c2nccc3[nH]c(-c4n[nH]c5cc(F)c(-c6cccnc6)cc45)nc23)s1. The molecule has 0 unspecified atom stereocenters. The molecule has 0 amide bonds. The lowest BCUT2D eigenvalue weighted by Crippen LogP contribution is -1.87. The zero-order valence-corrected chi connectivity index (χ0v) is 18.1. The first kappa shape index (κ1) is 19.4. The van der Waals surface area contributed by atoms with Crippen LogP contribution in [0.25, 0.3) is 55.2 Å². The fourth-order valence-electron chi connectivity index (χ4n) is 3.84. The summed E-state index contributed by atoms with van der Waals surface area (Å²) >= 11 is 1.38. The van der Waals surface area contributed by atoms with Crippen LogP contribution in [0.15, 0.2) is 61.1 Å². The Kier molecular flexibility index (Phi) is 4.37. The Balaban J connectivity index is 1.51. The maximum Gasteiger partial charge on any atom is 0.169 e. The van der Waals surface area contributed by atoms with Crippen molar-refractivity contribution in [3.8, 4) is 33.2 Å². The number of pyridine rings is 2. The Morgan fingerprint density at radius 2 is 1.97 bits per heavy atom. The fourth-order valence-corrected chi connectivity index (χ4v) is 4.74. The number of Topliss-reactive ketones (excluding diaryl/α,β-unsaturated/α-hetero) is 1. The molecule has 0 atom stereocenters. The van der Waals surface area contributed by atoms with Gasteiger partial charge in [0, 0.05) is 41.2 Å². The van der Waals surface area contributed by atoms with Crippen molar-refractivity contribution >= 4 is 39.1 Å². The summed E-state index contributed by atoms with van der Waals surface area (Å²) in [4.78, 5) is 29.9. The number of nitrogens with zero attached hydrogens (tertiary/aromatic N) is 4. The van der Waals surface area contributed by atoms with Gasteiger partial charge in [-0.05, 0) is 37.3 Å². The van der Waals surface area contributed by atoms with Gasteiger partial charge in [-0.1, -0.05) is 6.07 Å². The quantitative estimate of drug-likeness (QED) is 0.336. The van der Waals surface area contributed by atoms with Crippen molar-refractivity contribution in [2.75, 3.05) is 0 Å². The van der Waals surface area contributed by atoms with Crippen molar-refractivity contribution < 1.29 is 9.18 Å². The lowest BCUT2D eigenvalue weighted by molar-refractivity contribution is 0.102. The molecule has 160 valence electrons. The molecular formula is C24H15FN6OS. The van der Waals surface area contributed by atoms with Crippen molar-refractivity contribution in [3.05, 3.63) is 71.7 Å². The van der Waals surface area contributed by atoms with Gasteiger partial charge in [0.2, 0.25) is 0 Å². The number of ketones is 1. The second-order valence-electron chi connectivity index (χ2n) is 7.55. The Hall–Kier alpha value is -4.24. The van der Waals surface area contributed by atoms with Crippen LogP contribution in [0, 0.1) is 5.82 Å². The monoisotopic (exact) mass is 454 g/mol. The van der Waals surface area contributed by atoms with Crippen molar-refractivity contribution in [1.29, 1.82) is 0 Å². The van der Waals surface area contributed by atoms with E-state index < -0.39 is 0 Å². The first-order chi connectivity index (χ1) is 16.1. The van der Waals surface area contributed by atoms with Gasteiger partial charge in [0.1, 0.15) is 22.7 Å². The van der Waals surface area contributed by atoms with Crippen molar-refractivity contribution in [1.82, 2.24) is 30.1 Å². The minimum atomic E-state index is -0.360. The van der Waals surface area contributed by atoms with E-state index in [4.69, 9.17) is 4.98 Å². The standard InChI is InChI=1S/C24H15FN6OS/c1-12(32)19-4-5-20(33-19)23-22-17(6-8-27-23)28-24(29-22)21-15-9-14(13-3-2-7-26-11-13)16(25)10-18(15)30-31-21/h2-11H,1H3,(H,28,29)(H,30,31). The number of benzene rings is 1. The maximum absolute atomic E-state index is 14.8. The van der Waals surface area contributed by atoms with E-state index in [1.807, 2.05) is 18.2 Å². The Morgan fingerprint density at radius 3 is 2.76 bits per heavy atom. The van der Waals surface area contributed by atoms with E-state index in [1.165, 1.54) is 17.4 Å². The third-order valence-corrected chi connectivity index (χ3v) is 6.63. The third kappa shape index (κ3) is 3.21. The van der Waals surface area contributed by atoms with Crippen LogP contribution in [0.5, 0.6) is 0 Å². The van der Waals surface area contributed by atoms with E-state index in [0.717, 1.165) is 15.8 Å². The second kappa shape index (κ2) is 7.42. The van der Waals surface area contributed by atoms with Crippen LogP contribution < -0.4 is 0 Å². The molecule has 0 aliphatic heterocycles. The number of fused-ring (bicyclic) bond motifs is 2. The highest BCUT2D eigenvalue weighted by atomic mass is 32.1. The van der Waals surface area contributed by atoms with E-state index in [2.05, 4.69) is 25.1 Å². The number of carbonyl (C=O) groups is 1. The average molecular weight is 454 g/mol. The molecule has 6 rings (SSSR count). The van der Waals surface area contributed by atoms with Crippen molar-refractivity contribution in [2.45, 2.75) is 6.92 Å². The number of carbonyl (C=O) groups excluding carboxylic acids is 1. The number of halogens is 1. The molecule has 1 aromatic carbocycles. The normalized spacial score (nSPS) is 11.5. The minimum Gasteiger partial charge on any atom is -0.336 e. The topological polar surface area (TPSA) is 100 Å². The third-order valence-electron chi connectivity index (χ3n) is 5.43. The van der Waals surface area contributed by atoms with Gasteiger partial charge in [0.15, 0.2) is 11.6 Å². The highest BCUT2D eigenvalue weighted by Crippen LogP contribution is 2.35. The molecule has 33 heavy (non-hydrogen) atoms. The smallest absolute Gasteiger partial charge is 0.169 e. The predicted molar refractivity (Wildman–Crippen MR) is 125 cm³/mol. The molecule has 0 spiro atoms. The molecule has 5 heterocycles. The summed E-state index contributed by atoms with van der Waals surface area (Å²) in [6, 6.07) is 12.3. The average Bonchev–Trinajstić information content (AvgIpc) is 3.56. The van der Waals surface area contributed by atoms with E-state index in [1.54, 1.807) is 43.7 Å². The number of imidazole rings is 1. The second-order valence-corrected chi connectivity index (χ2v) is 8.64. The molecule has 2 N–H and O–H groups in total. The number of aromatic amines is 2. The summed E-state index contributed by atoms with van der Waals surface area (Å²) in [6.45, 7) is 1.54. The number of hydrogen-bond acceptors (Lipinski definition) is 6. The summed E-state index contributed by atoms with van der Waals surface area (Å²) in [5.41, 5.74) is 4.42. The summed E-state index contributed by atoms with van der Waals surface area (Å²) in [5, 5.41) is 8.03. The van der Waals surface area contributed by atoms with Crippen molar-refractivity contribution in [3.63, 3.8) is 0 Å². The van der Waals surface area contributed by atoms with Crippen molar-refractivity contribution in [2.24, 2.45) is 0 Å². The zero-order chi connectivity index (χ0) is 22.5. The van der Waals surface area contributed by atoms with Gasteiger partial charge in [-0.15, -0.1) is 11.3 Å². The van der Waals surface area contributed by atoms with E-state index in [9.17, 15) is 9.18 Å². The maximum atomic E-state index is 14.8. The fraction of sp³-hybridized carbons (Fsp3) is 0.0417. The molecule has 0 radical (unpaired) electrons. The summed E-state index contributed by atoms with van der Waals surface area (Å²) < 4.78 is 14.8. The molecule has 0 bridgehead atoms. The number of H-pyrrole nitrogens is 2. The number of thiophene rings is 1. The number of nitrogens with one attached hydrogen (secondary N) is 2. The molecule has 0 aliphatic carbocycles. The molecule has 9 heteroatoms. The van der Waals surface area contributed by atoms with Crippen LogP contribution in [0.4, 0.5) is 4.39 Å². The van der Waals surface area contributed by atoms with Gasteiger partial charge in [-0.2, -0.15) is 5.10 Å². The Bertz CT molecular complexity index is 1670. The van der Waals surface area contributed by atoms with E-state index >= 15 is 0 Å². The van der Waals surface area contributed by atoms with Gasteiger partial charge in [-0.25, -0.2) is 9.37 Å². The zero-order valence-electron chi connectivity index (χ0n) is 17.3. The lowest BCUT2D eigenvalue weighted by atomic mass is 10.0. The first-order valence-electron chi connectivity index (χ1n) is 10.1. The van der Waals surface area contributed by atoms with Crippen LogP contribution in [-0.4, -0.2) is 35.9 Å². The van der Waals surface area contributed by atoms with E-state index in [0.29, 0.717) is 44.2 Å². The predicted octanol–water partition coefficient (Wildman–Crippen LogP) is 5.63. The molecule has 0 saturated carbocycles. The van der Waals surface area contributed by atoms with Crippen LogP contribution in [0.2, 0.25) is 0 Å². The molecule has 6 aromatic rings. The molecule has 0 saturated heterocycles. The van der Waals surface area contributed by atoms with E-state index in [-0.39, 0.29) is 11.6 Å². The highest BCUT2D eigenvalue weighted by molar-refractivity contribution is 7.17. The van der Waals surface area contributed by atoms with Gasteiger partial charge >= 0.3 is 0 Å². The molecule has 5 aromatic heterocycles. The van der Waals surface area contributed by atoms with Crippen LogP contribution >= 0.6 is 11.3 Å². The van der Waals surface area contributed by atoms with Gasteiger partial charge < -0.3 is 4.98 Å². The number of aromatic nitrogens is 6. The van der Waals surface area contributed by atoms with Gasteiger partial charge in [-0.3, -0.25) is 19.9 Å². The Morgan fingerprint density at radius 1 is 1.06 bits per heavy atom. The highest BCUT2D eigenvalue weighted by Gasteiger charge is 2.19. The first-order valence-corrected chi connectivity index (χ1v) is 10.9. The minimum absolute atomic E-state index is 0.0146. The van der Waals surface area contributed by atoms with Crippen LogP contribution in [0.1, 0.15) is 16.6 Å². The number of hydrogen-bond donors (Lipinski definition) is 2. The molecule has 0 aliphatic rings. The number of rotatable bonds is 4. The summed E-state index contributed by atoms with van der Waals surface area (Å²) in [7, 11) is 0. The van der Waals surface area contributed by atoms with Gasteiger partial charge in [0.25, 0.3) is 0 Å². The van der Waals surface area contributed by atoms with Gasteiger partial charge in [0.05, 0.1) is 20.8 Å². The largest absolute Gasteiger partial charge is 0.336 e. The molecule has 7 nitrogen and oxygen atoms in total. The Labute approximate surface area is 190 Å². The van der Waals surface area contributed by atoms with Crippen LogP contribution in [-0.2, 0) is 0 Å². The lowest BCUT2D eigenvalue weighted by Gasteiger charge is -2.03. The van der Waals surface area contributed by atoms with Crippen LogP contribution in [0.3, 0.4) is 0 Å². The molecular weight excluding hydrogens is 439 g/mol. The summed E-state index contributed by atoms with van der Waals surface area (Å²) in [5.74, 6) is 0.194.